The van der Waals surface area contributed by atoms with Crippen molar-refractivity contribution >= 4 is 23.7 Å². The lowest BCUT2D eigenvalue weighted by atomic mass is 9.87. The maximum absolute atomic E-state index is 14.1. The first-order valence-electron chi connectivity index (χ1n) is 14.9. The van der Waals surface area contributed by atoms with Crippen LogP contribution in [-0.4, -0.2) is 91.8 Å². The van der Waals surface area contributed by atoms with Gasteiger partial charge in [0, 0.05) is 48.3 Å². The Morgan fingerprint density at radius 3 is 1.41 bits per heavy atom. The monoisotopic (exact) mass is 510 g/mol. The van der Waals surface area contributed by atoms with E-state index in [1.54, 1.807) is 0 Å². The molecule has 9 heteroatoms. The first-order chi connectivity index (χ1) is 17.9. The van der Waals surface area contributed by atoms with Gasteiger partial charge in [0.1, 0.15) is 0 Å². The van der Waals surface area contributed by atoms with Gasteiger partial charge in [0.15, 0.2) is 0 Å². The van der Waals surface area contributed by atoms with E-state index in [2.05, 4.69) is 15.1 Å². The molecule has 12 atom stereocenters. The number of amides is 3. The maximum Gasteiger partial charge on any atom is 0.308 e. The highest BCUT2D eigenvalue weighted by Gasteiger charge is 2.60. The van der Waals surface area contributed by atoms with E-state index >= 15 is 0 Å². The zero-order valence-electron chi connectivity index (χ0n) is 21.3. The van der Waals surface area contributed by atoms with Crippen LogP contribution < -0.4 is 5.32 Å². The molecule has 0 saturated carbocycles. The molecule has 0 spiro atoms. The molecule has 0 radical (unpaired) electrons. The SMILES string of the molecule is O=C(O)[C@H]1C[C@H]2CC[C@@H]1N2C(=O)[C@H]1C[C@H]2CC[C@@H]1N2C(=O)[C@H]1C[C@H]2CC[C@@H]1N2C(=O)[C@H]1C[C@H]2CC[C@@H]1N2. The van der Waals surface area contributed by atoms with Gasteiger partial charge in [-0.1, -0.05) is 0 Å². The molecule has 8 saturated heterocycles. The van der Waals surface area contributed by atoms with Gasteiger partial charge in [-0.15, -0.1) is 0 Å². The smallest absolute Gasteiger partial charge is 0.308 e. The second-order valence-corrected chi connectivity index (χ2v) is 13.4. The average Bonchev–Trinajstić information content (AvgIpc) is 3.76. The van der Waals surface area contributed by atoms with E-state index in [4.69, 9.17) is 0 Å². The second-order valence-electron chi connectivity index (χ2n) is 13.4. The Balaban J connectivity index is 0.980. The van der Waals surface area contributed by atoms with Crippen LogP contribution in [0, 0.1) is 23.7 Å². The molecule has 3 amide bonds. The number of aliphatic carboxylic acids is 1. The summed E-state index contributed by atoms with van der Waals surface area (Å²) in [6.07, 6.45) is 10.7. The van der Waals surface area contributed by atoms with E-state index in [1.165, 1.54) is 6.42 Å². The highest BCUT2D eigenvalue weighted by Crippen LogP contribution is 2.51. The average molecular weight is 511 g/mol. The fourth-order valence-electron chi connectivity index (χ4n) is 10.5. The first-order valence-corrected chi connectivity index (χ1v) is 14.9. The molecule has 0 aromatic rings. The van der Waals surface area contributed by atoms with Crippen molar-refractivity contribution in [3.8, 4) is 0 Å². The van der Waals surface area contributed by atoms with Crippen LogP contribution in [-0.2, 0) is 19.2 Å². The van der Waals surface area contributed by atoms with Crippen LogP contribution in [0.5, 0.6) is 0 Å². The minimum Gasteiger partial charge on any atom is -0.481 e. The molecule has 8 rings (SSSR count). The predicted molar refractivity (Wildman–Crippen MR) is 131 cm³/mol. The third-order valence-electron chi connectivity index (χ3n) is 11.9. The Morgan fingerprint density at radius 1 is 0.541 bits per heavy atom. The van der Waals surface area contributed by atoms with Crippen molar-refractivity contribution < 1.29 is 24.3 Å². The third kappa shape index (κ3) is 3.06. The lowest BCUT2D eigenvalue weighted by molar-refractivity contribution is -0.144. The lowest BCUT2D eigenvalue weighted by Crippen LogP contribution is -2.49. The highest BCUT2D eigenvalue weighted by molar-refractivity contribution is 5.88. The van der Waals surface area contributed by atoms with E-state index in [-0.39, 0.29) is 71.7 Å². The molecule has 8 bridgehead atoms. The van der Waals surface area contributed by atoms with E-state index in [0.717, 1.165) is 57.8 Å². The van der Waals surface area contributed by atoms with Crippen LogP contribution in [0.15, 0.2) is 0 Å². The number of rotatable bonds is 4. The molecule has 9 nitrogen and oxygen atoms in total. The van der Waals surface area contributed by atoms with Gasteiger partial charge in [-0.3, -0.25) is 19.2 Å². The van der Waals surface area contributed by atoms with Gasteiger partial charge < -0.3 is 25.1 Å². The van der Waals surface area contributed by atoms with Crippen molar-refractivity contribution in [3.63, 3.8) is 0 Å². The summed E-state index contributed by atoms with van der Waals surface area (Å²) in [5.41, 5.74) is 0. The molecule has 0 unspecified atom stereocenters. The summed E-state index contributed by atoms with van der Waals surface area (Å²) in [6, 6.07) is 0.931. The number of fused-ring (bicyclic) bond motifs is 8. The highest BCUT2D eigenvalue weighted by atomic mass is 16.4. The Bertz CT molecular complexity index is 1070. The van der Waals surface area contributed by atoms with Gasteiger partial charge in [-0.2, -0.15) is 0 Å². The zero-order chi connectivity index (χ0) is 25.2. The summed E-state index contributed by atoms with van der Waals surface area (Å²) in [6.45, 7) is 0. The number of carboxylic acid groups (broad SMARTS) is 1. The van der Waals surface area contributed by atoms with Gasteiger partial charge in [0.05, 0.1) is 23.7 Å². The minimum atomic E-state index is -0.786. The standard InChI is InChI=1S/C28H38N4O5/c33-25(17-9-13-1-5-21(17)29-13)30-14-2-6-22(30)18(10-14)26(34)31-15-3-7-23(31)19(11-15)27(35)32-16-4-8-24(32)20(12-16)28(36)37/h13-24,29H,1-12H2,(H,36,37)/t13-,14-,15-,16-,17+,18+,19+,20+,21+,22+,23+,24+/m1/s1. The molecular weight excluding hydrogens is 472 g/mol. The summed E-state index contributed by atoms with van der Waals surface area (Å²) in [7, 11) is 0. The number of carbonyl (C=O) groups is 4. The fraction of sp³-hybridized carbons (Fsp3) is 0.857. The molecule has 0 aromatic carbocycles. The third-order valence-corrected chi connectivity index (χ3v) is 11.9. The Labute approximate surface area is 217 Å². The zero-order valence-corrected chi connectivity index (χ0v) is 21.3. The van der Waals surface area contributed by atoms with E-state index in [9.17, 15) is 24.3 Å². The van der Waals surface area contributed by atoms with Crippen molar-refractivity contribution in [2.24, 2.45) is 23.7 Å². The van der Waals surface area contributed by atoms with Gasteiger partial charge in [0.2, 0.25) is 17.7 Å². The number of nitrogens with zero attached hydrogens (tertiary/aromatic N) is 3. The second kappa shape index (κ2) is 7.93. The van der Waals surface area contributed by atoms with Gasteiger partial charge in [0.25, 0.3) is 0 Å². The maximum atomic E-state index is 14.1. The van der Waals surface area contributed by atoms with Crippen LogP contribution in [0.3, 0.4) is 0 Å². The van der Waals surface area contributed by atoms with Crippen LogP contribution >= 0.6 is 0 Å². The molecular formula is C28H38N4O5. The van der Waals surface area contributed by atoms with Crippen LogP contribution in [0.1, 0.15) is 77.0 Å². The quantitative estimate of drug-likeness (QED) is 0.591. The number of hydrogen-bond donors (Lipinski definition) is 2. The molecule has 0 aliphatic carbocycles. The van der Waals surface area contributed by atoms with Crippen molar-refractivity contribution in [3.05, 3.63) is 0 Å². The summed E-state index contributed by atoms with van der Waals surface area (Å²) >= 11 is 0. The number of hydrogen-bond acceptors (Lipinski definition) is 5. The van der Waals surface area contributed by atoms with Crippen LogP contribution in [0.4, 0.5) is 0 Å². The van der Waals surface area contributed by atoms with Crippen molar-refractivity contribution in [2.45, 2.75) is 125 Å². The molecule has 8 heterocycles. The van der Waals surface area contributed by atoms with E-state index < -0.39 is 11.9 Å². The summed E-state index contributed by atoms with van der Waals surface area (Å²) < 4.78 is 0. The van der Waals surface area contributed by atoms with E-state index in [1.807, 2.05) is 4.90 Å². The molecule has 2 N–H and O–H groups in total. The van der Waals surface area contributed by atoms with Crippen molar-refractivity contribution in [1.29, 1.82) is 0 Å². The minimum absolute atomic E-state index is 0.0176. The predicted octanol–water partition coefficient (Wildman–Crippen LogP) is 1.35. The summed E-state index contributed by atoms with van der Waals surface area (Å²) in [5, 5.41) is 13.2. The largest absolute Gasteiger partial charge is 0.481 e. The van der Waals surface area contributed by atoms with Gasteiger partial charge >= 0.3 is 5.97 Å². The van der Waals surface area contributed by atoms with Gasteiger partial charge in [-0.05, 0) is 77.0 Å². The summed E-state index contributed by atoms with van der Waals surface area (Å²) in [4.78, 5) is 59.3. The fourth-order valence-corrected chi connectivity index (χ4v) is 10.5. The number of nitrogens with one attached hydrogen (secondary N) is 1. The normalized spacial score (nSPS) is 48.6. The van der Waals surface area contributed by atoms with E-state index in [0.29, 0.717) is 24.9 Å². The summed E-state index contributed by atoms with van der Waals surface area (Å²) in [5.74, 6) is -0.946. The lowest BCUT2D eigenvalue weighted by Gasteiger charge is -2.33. The molecule has 200 valence electrons. The molecule has 0 aromatic heterocycles. The van der Waals surface area contributed by atoms with Gasteiger partial charge in [-0.25, -0.2) is 0 Å². The van der Waals surface area contributed by atoms with Crippen LogP contribution in [0.25, 0.3) is 0 Å². The number of carbonyl (C=O) groups excluding carboxylic acids is 3. The Kier molecular flexibility index (Phi) is 4.88. The molecule has 37 heavy (non-hydrogen) atoms. The molecule has 8 fully saturated rings. The first kappa shape index (κ1) is 22.8. The molecule has 8 aliphatic heterocycles. The Hall–Kier alpha value is -2.16. The van der Waals surface area contributed by atoms with Crippen molar-refractivity contribution in [1.82, 2.24) is 20.0 Å². The molecule has 8 aliphatic rings. The number of carboxylic acids is 1. The topological polar surface area (TPSA) is 110 Å². The van der Waals surface area contributed by atoms with Crippen LogP contribution in [0.2, 0.25) is 0 Å². The Morgan fingerprint density at radius 2 is 1.00 bits per heavy atom. The van der Waals surface area contributed by atoms with Crippen molar-refractivity contribution in [2.75, 3.05) is 0 Å².